The second kappa shape index (κ2) is 5.36. The maximum absolute atomic E-state index is 12.1. The standard InChI is InChI=1S/C13H20N2O2/c1-9(12-7-4-8-17-12)15-13(16)10-5-2-3-6-11(10)14/h4,7-11H,2-3,5-6,14H2,1H3,(H,15,16)/t9-,10?,11?/m0/s1. The van der Waals surface area contributed by atoms with Gasteiger partial charge in [-0.25, -0.2) is 0 Å². The van der Waals surface area contributed by atoms with E-state index in [1.54, 1.807) is 6.26 Å². The van der Waals surface area contributed by atoms with Crippen molar-refractivity contribution in [3.63, 3.8) is 0 Å². The molecule has 0 saturated heterocycles. The molecule has 1 fully saturated rings. The molecule has 2 unspecified atom stereocenters. The highest BCUT2D eigenvalue weighted by atomic mass is 16.3. The van der Waals surface area contributed by atoms with Gasteiger partial charge in [0.25, 0.3) is 0 Å². The lowest BCUT2D eigenvalue weighted by Crippen LogP contribution is -2.44. The number of hydrogen-bond donors (Lipinski definition) is 2. The van der Waals surface area contributed by atoms with Crippen molar-refractivity contribution in [1.82, 2.24) is 5.32 Å². The van der Waals surface area contributed by atoms with Gasteiger partial charge in [0.15, 0.2) is 0 Å². The minimum Gasteiger partial charge on any atom is -0.467 e. The van der Waals surface area contributed by atoms with E-state index in [-0.39, 0.29) is 23.9 Å². The topological polar surface area (TPSA) is 68.3 Å². The molecule has 1 amide bonds. The lowest BCUT2D eigenvalue weighted by atomic mass is 9.84. The van der Waals surface area contributed by atoms with Crippen LogP contribution in [0.2, 0.25) is 0 Å². The number of furan rings is 1. The highest BCUT2D eigenvalue weighted by Gasteiger charge is 2.29. The molecule has 1 aliphatic rings. The SMILES string of the molecule is C[C@H](NC(=O)C1CCCCC1N)c1ccco1. The van der Waals surface area contributed by atoms with Gasteiger partial charge in [-0.05, 0) is 31.9 Å². The van der Waals surface area contributed by atoms with Gasteiger partial charge in [0, 0.05) is 6.04 Å². The molecule has 0 aliphatic heterocycles. The molecule has 3 N–H and O–H groups in total. The first kappa shape index (κ1) is 12.2. The number of hydrogen-bond acceptors (Lipinski definition) is 3. The Morgan fingerprint density at radius 3 is 2.94 bits per heavy atom. The third-order valence-electron chi connectivity index (χ3n) is 3.48. The Bertz CT molecular complexity index is 362. The summed E-state index contributed by atoms with van der Waals surface area (Å²) in [6, 6.07) is 3.61. The van der Waals surface area contributed by atoms with Crippen LogP contribution < -0.4 is 11.1 Å². The van der Waals surface area contributed by atoms with Crippen LogP contribution in [0.5, 0.6) is 0 Å². The van der Waals surface area contributed by atoms with Gasteiger partial charge in [-0.3, -0.25) is 4.79 Å². The molecule has 4 heteroatoms. The smallest absolute Gasteiger partial charge is 0.225 e. The minimum atomic E-state index is -0.0911. The van der Waals surface area contributed by atoms with Crippen molar-refractivity contribution in [1.29, 1.82) is 0 Å². The Hall–Kier alpha value is -1.29. The van der Waals surface area contributed by atoms with Crippen molar-refractivity contribution in [2.75, 3.05) is 0 Å². The first-order chi connectivity index (χ1) is 8.18. The van der Waals surface area contributed by atoms with Crippen LogP contribution in [0.1, 0.15) is 44.4 Å². The molecule has 94 valence electrons. The Balaban J connectivity index is 1.92. The summed E-state index contributed by atoms with van der Waals surface area (Å²) in [5, 5.41) is 2.97. The van der Waals surface area contributed by atoms with E-state index in [0.29, 0.717) is 0 Å². The van der Waals surface area contributed by atoms with Crippen molar-refractivity contribution >= 4 is 5.91 Å². The van der Waals surface area contributed by atoms with Crippen LogP contribution in [-0.2, 0) is 4.79 Å². The average molecular weight is 236 g/mol. The Labute approximate surface area is 102 Å². The lowest BCUT2D eigenvalue weighted by Gasteiger charge is -2.28. The van der Waals surface area contributed by atoms with Gasteiger partial charge < -0.3 is 15.5 Å². The molecular weight excluding hydrogens is 216 g/mol. The monoisotopic (exact) mass is 236 g/mol. The fraction of sp³-hybridized carbons (Fsp3) is 0.615. The van der Waals surface area contributed by atoms with Crippen molar-refractivity contribution in [3.8, 4) is 0 Å². The summed E-state index contributed by atoms with van der Waals surface area (Å²) < 4.78 is 5.26. The zero-order valence-corrected chi connectivity index (χ0v) is 10.2. The van der Waals surface area contributed by atoms with Crippen molar-refractivity contribution in [2.45, 2.75) is 44.7 Å². The van der Waals surface area contributed by atoms with Crippen LogP contribution >= 0.6 is 0 Å². The summed E-state index contributed by atoms with van der Waals surface area (Å²) in [4.78, 5) is 12.1. The Morgan fingerprint density at radius 1 is 1.53 bits per heavy atom. The van der Waals surface area contributed by atoms with E-state index in [0.717, 1.165) is 31.4 Å². The number of nitrogens with one attached hydrogen (secondary N) is 1. The van der Waals surface area contributed by atoms with E-state index in [4.69, 9.17) is 10.2 Å². The third-order valence-corrected chi connectivity index (χ3v) is 3.48. The summed E-state index contributed by atoms with van der Waals surface area (Å²) in [5.74, 6) is 0.796. The fourth-order valence-electron chi connectivity index (χ4n) is 2.41. The van der Waals surface area contributed by atoms with E-state index < -0.39 is 0 Å². The van der Waals surface area contributed by atoms with Gasteiger partial charge >= 0.3 is 0 Å². The molecule has 1 aliphatic carbocycles. The molecule has 1 heterocycles. The van der Waals surface area contributed by atoms with Crippen LogP contribution in [-0.4, -0.2) is 11.9 Å². The molecule has 1 saturated carbocycles. The van der Waals surface area contributed by atoms with Crippen molar-refractivity contribution in [3.05, 3.63) is 24.2 Å². The molecule has 4 nitrogen and oxygen atoms in total. The molecule has 0 radical (unpaired) electrons. The summed E-state index contributed by atoms with van der Waals surface area (Å²) in [6.07, 6.45) is 5.70. The van der Waals surface area contributed by atoms with Crippen LogP contribution in [0.4, 0.5) is 0 Å². The van der Waals surface area contributed by atoms with Crippen LogP contribution in [0.3, 0.4) is 0 Å². The summed E-state index contributed by atoms with van der Waals surface area (Å²) in [7, 11) is 0. The zero-order valence-electron chi connectivity index (χ0n) is 10.2. The van der Waals surface area contributed by atoms with Gasteiger partial charge in [0.1, 0.15) is 5.76 Å². The predicted molar refractivity (Wildman–Crippen MR) is 65.2 cm³/mol. The van der Waals surface area contributed by atoms with Crippen LogP contribution in [0.25, 0.3) is 0 Å². The highest BCUT2D eigenvalue weighted by molar-refractivity contribution is 5.79. The molecule has 1 aromatic heterocycles. The number of carbonyl (C=O) groups excluding carboxylic acids is 1. The zero-order chi connectivity index (χ0) is 12.3. The van der Waals surface area contributed by atoms with E-state index in [1.165, 1.54) is 0 Å². The van der Waals surface area contributed by atoms with Gasteiger partial charge in [-0.15, -0.1) is 0 Å². The van der Waals surface area contributed by atoms with Crippen molar-refractivity contribution < 1.29 is 9.21 Å². The molecule has 0 spiro atoms. The van der Waals surface area contributed by atoms with Crippen LogP contribution in [0, 0.1) is 5.92 Å². The first-order valence-corrected chi connectivity index (χ1v) is 6.28. The van der Waals surface area contributed by atoms with E-state index in [2.05, 4.69) is 5.32 Å². The maximum Gasteiger partial charge on any atom is 0.225 e. The van der Waals surface area contributed by atoms with Gasteiger partial charge in [0.2, 0.25) is 5.91 Å². The predicted octanol–water partition coefficient (Wildman–Crippen LogP) is 1.97. The average Bonchev–Trinajstić information content (AvgIpc) is 2.82. The maximum atomic E-state index is 12.1. The summed E-state index contributed by atoms with van der Waals surface area (Å²) >= 11 is 0. The van der Waals surface area contributed by atoms with Gasteiger partial charge in [-0.1, -0.05) is 12.8 Å². The molecule has 0 aromatic carbocycles. The van der Waals surface area contributed by atoms with E-state index >= 15 is 0 Å². The van der Waals surface area contributed by atoms with Crippen LogP contribution in [0.15, 0.2) is 22.8 Å². The first-order valence-electron chi connectivity index (χ1n) is 6.28. The second-order valence-corrected chi connectivity index (χ2v) is 4.80. The third kappa shape index (κ3) is 2.88. The van der Waals surface area contributed by atoms with Gasteiger partial charge in [-0.2, -0.15) is 0 Å². The summed E-state index contributed by atoms with van der Waals surface area (Å²) in [5.41, 5.74) is 5.99. The molecule has 0 bridgehead atoms. The number of carbonyl (C=O) groups is 1. The molecule has 3 atom stereocenters. The molecule has 1 aromatic rings. The largest absolute Gasteiger partial charge is 0.467 e. The summed E-state index contributed by atoms with van der Waals surface area (Å²) in [6.45, 7) is 1.92. The molecule has 2 rings (SSSR count). The second-order valence-electron chi connectivity index (χ2n) is 4.80. The van der Waals surface area contributed by atoms with Gasteiger partial charge in [0.05, 0.1) is 18.2 Å². The highest BCUT2D eigenvalue weighted by Crippen LogP contribution is 2.24. The fourth-order valence-corrected chi connectivity index (χ4v) is 2.41. The quantitative estimate of drug-likeness (QED) is 0.843. The molecule has 17 heavy (non-hydrogen) atoms. The molecular formula is C13H20N2O2. The number of nitrogens with two attached hydrogens (primary N) is 1. The lowest BCUT2D eigenvalue weighted by molar-refractivity contribution is -0.127. The number of rotatable bonds is 3. The normalized spacial score (nSPS) is 26.5. The van der Waals surface area contributed by atoms with Crippen molar-refractivity contribution in [2.24, 2.45) is 11.7 Å². The van der Waals surface area contributed by atoms with E-state index in [9.17, 15) is 4.79 Å². The minimum absolute atomic E-state index is 0.00699. The Morgan fingerprint density at radius 2 is 2.29 bits per heavy atom. The Kier molecular flexibility index (Phi) is 3.84. The van der Waals surface area contributed by atoms with E-state index in [1.807, 2.05) is 19.1 Å². The number of amides is 1.